The van der Waals surface area contributed by atoms with Gasteiger partial charge in [0.25, 0.3) is 0 Å². The normalized spacial score (nSPS) is 15.5. The molecule has 3 aromatic rings. The number of ether oxygens (including phenoxy) is 1. The van der Waals surface area contributed by atoms with E-state index in [0.717, 1.165) is 48.4 Å². The third-order valence-corrected chi connectivity index (χ3v) is 7.71. The standard InChI is InChI=1S/C29H33N3O2S/c1-5-24(23-14-10-7-11-15-23)26-25(21(2)34-4)30-27(35-26)31-28(33)32-18-16-29(3,17-19-32)20-22-12-8-6-9-13-22/h5-15H,2,16-20H2,1,3-4H3,(H,30,31,33)/b24-5-. The first kappa shape index (κ1) is 24.7. The van der Waals surface area contributed by atoms with Gasteiger partial charge in [-0.25, -0.2) is 9.78 Å². The molecule has 1 saturated heterocycles. The highest BCUT2D eigenvalue weighted by Gasteiger charge is 2.32. The van der Waals surface area contributed by atoms with Gasteiger partial charge in [-0.2, -0.15) is 0 Å². The number of hydrogen-bond donors (Lipinski definition) is 1. The fraction of sp³-hybridized carbons (Fsp3) is 0.310. The van der Waals surface area contributed by atoms with E-state index in [4.69, 9.17) is 4.74 Å². The Morgan fingerprint density at radius 2 is 1.77 bits per heavy atom. The van der Waals surface area contributed by atoms with Gasteiger partial charge in [-0.15, -0.1) is 0 Å². The van der Waals surface area contributed by atoms with Crippen LogP contribution in [0.4, 0.5) is 9.93 Å². The van der Waals surface area contributed by atoms with Crippen molar-refractivity contribution in [2.75, 3.05) is 25.5 Å². The summed E-state index contributed by atoms with van der Waals surface area (Å²) >= 11 is 1.45. The molecule has 1 aliphatic rings. The summed E-state index contributed by atoms with van der Waals surface area (Å²) in [4.78, 5) is 20.6. The molecule has 2 heterocycles. The Bertz CT molecular complexity index is 1190. The van der Waals surface area contributed by atoms with Gasteiger partial charge < -0.3 is 9.64 Å². The van der Waals surface area contributed by atoms with Gasteiger partial charge in [0, 0.05) is 13.1 Å². The largest absolute Gasteiger partial charge is 0.495 e. The number of aromatic nitrogens is 1. The maximum Gasteiger partial charge on any atom is 0.323 e. The van der Waals surface area contributed by atoms with Crippen LogP contribution in [0, 0.1) is 5.41 Å². The number of piperidine rings is 1. The highest BCUT2D eigenvalue weighted by molar-refractivity contribution is 7.17. The number of nitrogens with zero attached hydrogens (tertiary/aromatic N) is 2. The molecule has 2 aromatic carbocycles. The number of carbonyl (C=O) groups is 1. The Morgan fingerprint density at radius 1 is 1.14 bits per heavy atom. The molecule has 0 bridgehead atoms. The van der Waals surface area contributed by atoms with E-state index in [9.17, 15) is 4.79 Å². The van der Waals surface area contributed by atoms with Crippen molar-refractivity contribution in [3.05, 3.63) is 95.0 Å². The molecule has 182 valence electrons. The summed E-state index contributed by atoms with van der Waals surface area (Å²) in [6, 6.07) is 20.6. The molecule has 0 radical (unpaired) electrons. The number of nitrogens with one attached hydrogen (secondary N) is 1. The van der Waals surface area contributed by atoms with Gasteiger partial charge >= 0.3 is 6.03 Å². The number of hydrogen-bond acceptors (Lipinski definition) is 4. The van der Waals surface area contributed by atoms with Crippen LogP contribution in [0.25, 0.3) is 11.3 Å². The first-order valence-electron chi connectivity index (χ1n) is 12.0. The van der Waals surface area contributed by atoms with Crippen molar-refractivity contribution in [3.8, 4) is 0 Å². The number of amides is 2. The molecule has 2 amide bonds. The van der Waals surface area contributed by atoms with Crippen LogP contribution in [-0.2, 0) is 11.2 Å². The second kappa shape index (κ2) is 10.9. The fourth-order valence-corrected chi connectivity index (χ4v) is 5.64. The lowest BCUT2D eigenvalue weighted by atomic mass is 9.75. The van der Waals surface area contributed by atoms with Crippen LogP contribution in [-0.4, -0.2) is 36.1 Å². The van der Waals surface area contributed by atoms with Crippen molar-refractivity contribution in [2.45, 2.75) is 33.1 Å². The molecule has 0 spiro atoms. The Kier molecular flexibility index (Phi) is 7.71. The molecule has 4 rings (SSSR count). The zero-order chi connectivity index (χ0) is 24.8. The summed E-state index contributed by atoms with van der Waals surface area (Å²) < 4.78 is 5.41. The maximum atomic E-state index is 13.1. The van der Waals surface area contributed by atoms with Gasteiger partial charge in [-0.3, -0.25) is 5.32 Å². The summed E-state index contributed by atoms with van der Waals surface area (Å²) in [6.45, 7) is 9.81. The summed E-state index contributed by atoms with van der Waals surface area (Å²) in [6.07, 6.45) is 5.04. The number of allylic oxidation sites excluding steroid dienone is 1. The van der Waals surface area contributed by atoms with Crippen LogP contribution < -0.4 is 5.32 Å². The van der Waals surface area contributed by atoms with Crippen LogP contribution in [0.3, 0.4) is 0 Å². The molecular formula is C29H33N3O2S. The Balaban J connectivity index is 1.46. The van der Waals surface area contributed by atoms with Crippen LogP contribution in [0.5, 0.6) is 0 Å². The Hall–Kier alpha value is -3.38. The van der Waals surface area contributed by atoms with Crippen molar-refractivity contribution in [1.29, 1.82) is 0 Å². The molecule has 1 N–H and O–H groups in total. The number of carbonyl (C=O) groups excluding carboxylic acids is 1. The minimum absolute atomic E-state index is 0.108. The second-order valence-electron chi connectivity index (χ2n) is 9.28. The molecule has 6 heteroatoms. The molecule has 0 unspecified atom stereocenters. The number of urea groups is 1. The van der Waals surface area contributed by atoms with Crippen LogP contribution in [0.15, 0.2) is 73.3 Å². The number of rotatable bonds is 7. The first-order valence-corrected chi connectivity index (χ1v) is 12.8. The lowest BCUT2D eigenvalue weighted by Gasteiger charge is -2.39. The average molecular weight is 488 g/mol. The minimum Gasteiger partial charge on any atom is -0.495 e. The second-order valence-corrected chi connectivity index (χ2v) is 10.3. The third kappa shape index (κ3) is 5.82. The van der Waals surface area contributed by atoms with Crippen molar-refractivity contribution < 1.29 is 9.53 Å². The first-order chi connectivity index (χ1) is 16.9. The smallest absolute Gasteiger partial charge is 0.323 e. The molecule has 1 aromatic heterocycles. The summed E-state index contributed by atoms with van der Waals surface area (Å²) in [7, 11) is 1.59. The SMILES string of the molecule is C=C(OC)c1nc(NC(=O)N2CCC(C)(Cc3ccccc3)CC2)sc1/C(=C\C)c1ccccc1. The molecule has 1 aliphatic heterocycles. The average Bonchev–Trinajstić information content (AvgIpc) is 3.28. The minimum atomic E-state index is -0.108. The van der Waals surface area contributed by atoms with E-state index in [2.05, 4.69) is 72.3 Å². The number of methoxy groups -OCH3 is 1. The van der Waals surface area contributed by atoms with E-state index in [1.165, 1.54) is 16.9 Å². The fourth-order valence-electron chi connectivity index (χ4n) is 4.57. The molecule has 5 nitrogen and oxygen atoms in total. The number of benzene rings is 2. The molecule has 0 saturated carbocycles. The highest BCUT2D eigenvalue weighted by atomic mass is 32.1. The number of likely N-dealkylation sites (tertiary alicyclic amines) is 1. The monoisotopic (exact) mass is 487 g/mol. The van der Waals surface area contributed by atoms with E-state index in [1.807, 2.05) is 30.0 Å². The zero-order valence-electron chi connectivity index (χ0n) is 20.7. The van der Waals surface area contributed by atoms with E-state index < -0.39 is 0 Å². The predicted molar refractivity (Wildman–Crippen MR) is 145 cm³/mol. The number of anilines is 1. The van der Waals surface area contributed by atoms with Crippen LogP contribution >= 0.6 is 11.3 Å². The summed E-state index contributed by atoms with van der Waals surface area (Å²) in [5.41, 5.74) is 4.32. The summed E-state index contributed by atoms with van der Waals surface area (Å²) in [5.74, 6) is 0.474. The number of thiazole rings is 1. The third-order valence-electron chi connectivity index (χ3n) is 6.70. The Morgan fingerprint density at radius 3 is 2.37 bits per heavy atom. The van der Waals surface area contributed by atoms with Gasteiger partial charge in [0.05, 0.1) is 12.0 Å². The quantitative estimate of drug-likeness (QED) is 0.362. The van der Waals surface area contributed by atoms with Gasteiger partial charge in [0.1, 0.15) is 11.5 Å². The van der Waals surface area contributed by atoms with E-state index in [0.29, 0.717) is 16.6 Å². The van der Waals surface area contributed by atoms with Crippen LogP contribution in [0.2, 0.25) is 0 Å². The van der Waals surface area contributed by atoms with Crippen molar-refractivity contribution in [2.24, 2.45) is 5.41 Å². The van der Waals surface area contributed by atoms with Crippen molar-refractivity contribution in [1.82, 2.24) is 9.88 Å². The zero-order valence-corrected chi connectivity index (χ0v) is 21.5. The molecule has 0 aliphatic carbocycles. The molecule has 0 atom stereocenters. The lowest BCUT2D eigenvalue weighted by Crippen LogP contribution is -2.44. The van der Waals surface area contributed by atoms with E-state index in [1.54, 1.807) is 7.11 Å². The van der Waals surface area contributed by atoms with Gasteiger partial charge in [-0.1, -0.05) is 91.6 Å². The Labute approximate surface area is 212 Å². The van der Waals surface area contributed by atoms with Gasteiger partial charge in [0.15, 0.2) is 5.13 Å². The van der Waals surface area contributed by atoms with Gasteiger partial charge in [0.2, 0.25) is 0 Å². The molecular weight excluding hydrogens is 454 g/mol. The predicted octanol–water partition coefficient (Wildman–Crippen LogP) is 7.09. The van der Waals surface area contributed by atoms with Gasteiger partial charge in [-0.05, 0) is 48.3 Å². The van der Waals surface area contributed by atoms with Crippen molar-refractivity contribution in [3.63, 3.8) is 0 Å². The molecule has 35 heavy (non-hydrogen) atoms. The lowest BCUT2D eigenvalue weighted by molar-refractivity contribution is 0.136. The molecule has 1 fully saturated rings. The van der Waals surface area contributed by atoms with Crippen molar-refractivity contribution >= 4 is 33.8 Å². The van der Waals surface area contributed by atoms with E-state index >= 15 is 0 Å². The van der Waals surface area contributed by atoms with E-state index in [-0.39, 0.29) is 11.4 Å². The summed E-state index contributed by atoms with van der Waals surface area (Å²) in [5, 5.41) is 3.58. The highest BCUT2D eigenvalue weighted by Crippen LogP contribution is 2.38. The maximum absolute atomic E-state index is 13.1. The topological polar surface area (TPSA) is 54.5 Å². The van der Waals surface area contributed by atoms with Crippen LogP contribution in [0.1, 0.15) is 48.4 Å².